The maximum atomic E-state index is 13.4. The first kappa shape index (κ1) is 17.7. The molecule has 0 saturated heterocycles. The van der Waals surface area contributed by atoms with Crippen LogP contribution in [0, 0.1) is 11.6 Å². The lowest BCUT2D eigenvalue weighted by atomic mass is 10.2. The Balaban J connectivity index is 1.74. The quantitative estimate of drug-likeness (QED) is 0.496. The molecular weight excluding hydrogens is 334 g/mol. The lowest BCUT2D eigenvalue weighted by Gasteiger charge is -2.05. The Labute approximate surface area is 141 Å². The van der Waals surface area contributed by atoms with E-state index in [9.17, 15) is 18.4 Å². The van der Waals surface area contributed by atoms with Gasteiger partial charge in [0.2, 0.25) is 5.91 Å². The van der Waals surface area contributed by atoms with Gasteiger partial charge in [-0.2, -0.15) is 0 Å². The molecule has 0 fully saturated rings. The van der Waals surface area contributed by atoms with Crippen LogP contribution in [-0.4, -0.2) is 17.6 Å². The number of hydrogen-bond acceptors (Lipinski definition) is 3. The summed E-state index contributed by atoms with van der Waals surface area (Å²) >= 11 is 1.03. The van der Waals surface area contributed by atoms with Crippen molar-refractivity contribution in [2.24, 2.45) is 0 Å². The number of nitrogens with one attached hydrogen (secondary N) is 2. The Morgan fingerprint density at radius 3 is 2.42 bits per heavy atom. The molecule has 0 aliphatic carbocycles. The van der Waals surface area contributed by atoms with Gasteiger partial charge in [0.15, 0.2) is 0 Å². The molecule has 2 amide bonds. The van der Waals surface area contributed by atoms with E-state index in [2.05, 4.69) is 10.9 Å². The van der Waals surface area contributed by atoms with Crippen LogP contribution >= 0.6 is 11.8 Å². The Kier molecular flexibility index (Phi) is 6.51. The minimum absolute atomic E-state index is 0.0388. The van der Waals surface area contributed by atoms with E-state index in [1.54, 1.807) is 18.2 Å². The van der Waals surface area contributed by atoms with Crippen molar-refractivity contribution >= 4 is 29.7 Å². The van der Waals surface area contributed by atoms with Crippen molar-refractivity contribution in [1.29, 1.82) is 0 Å². The van der Waals surface area contributed by atoms with Gasteiger partial charge in [-0.15, -0.1) is 11.8 Å². The molecule has 0 atom stereocenters. The van der Waals surface area contributed by atoms with Crippen LogP contribution in [0.1, 0.15) is 5.56 Å². The fraction of sp³-hybridized carbons (Fsp3) is 0.0588. The summed E-state index contributed by atoms with van der Waals surface area (Å²) in [5.74, 6) is -1.81. The number of benzene rings is 2. The van der Waals surface area contributed by atoms with E-state index >= 15 is 0 Å². The van der Waals surface area contributed by atoms with Crippen molar-refractivity contribution in [2.45, 2.75) is 4.90 Å². The standard InChI is InChI=1S/C17H14F2N2O2S/c18-13-8-5-12(6-9-13)7-10-16(22)20-21-17(23)11-24-15-4-2-1-3-14(15)19/h1-10H,11H2,(H,20,22)(H,21,23)/b10-7+. The van der Waals surface area contributed by atoms with Crippen LogP contribution in [0.4, 0.5) is 8.78 Å². The van der Waals surface area contributed by atoms with E-state index in [0.29, 0.717) is 10.5 Å². The predicted molar refractivity (Wildman–Crippen MR) is 88.8 cm³/mol. The molecule has 4 nitrogen and oxygen atoms in total. The zero-order chi connectivity index (χ0) is 17.4. The summed E-state index contributed by atoms with van der Waals surface area (Å²) in [6.45, 7) is 0. The monoisotopic (exact) mass is 348 g/mol. The molecule has 0 aliphatic rings. The molecule has 2 aromatic carbocycles. The lowest BCUT2D eigenvalue weighted by Crippen LogP contribution is -2.41. The topological polar surface area (TPSA) is 58.2 Å². The maximum Gasteiger partial charge on any atom is 0.262 e. The number of halogens is 2. The van der Waals surface area contributed by atoms with Crippen molar-refractivity contribution in [3.63, 3.8) is 0 Å². The summed E-state index contributed by atoms with van der Waals surface area (Å²) in [7, 11) is 0. The van der Waals surface area contributed by atoms with E-state index in [0.717, 1.165) is 11.8 Å². The van der Waals surface area contributed by atoms with Crippen molar-refractivity contribution in [3.05, 3.63) is 71.8 Å². The third-order valence-electron chi connectivity index (χ3n) is 2.82. The largest absolute Gasteiger partial charge is 0.272 e. The predicted octanol–water partition coefficient (Wildman–Crippen LogP) is 2.92. The van der Waals surface area contributed by atoms with Crippen LogP contribution in [0.2, 0.25) is 0 Å². The zero-order valence-electron chi connectivity index (χ0n) is 12.5. The molecule has 2 N–H and O–H groups in total. The van der Waals surface area contributed by atoms with Gasteiger partial charge < -0.3 is 0 Å². The zero-order valence-corrected chi connectivity index (χ0v) is 13.3. The van der Waals surface area contributed by atoms with Crippen molar-refractivity contribution in [3.8, 4) is 0 Å². The molecule has 2 rings (SSSR count). The van der Waals surface area contributed by atoms with Crippen LogP contribution in [0.15, 0.2) is 59.5 Å². The molecule has 0 heterocycles. The first-order chi connectivity index (χ1) is 11.5. The number of carbonyl (C=O) groups is 2. The highest BCUT2D eigenvalue weighted by atomic mass is 32.2. The van der Waals surface area contributed by atoms with Gasteiger partial charge in [-0.25, -0.2) is 8.78 Å². The summed E-state index contributed by atoms with van der Waals surface area (Å²) in [5.41, 5.74) is 5.08. The number of hydrogen-bond donors (Lipinski definition) is 2. The molecule has 7 heteroatoms. The fourth-order valence-corrected chi connectivity index (χ4v) is 2.40. The summed E-state index contributed by atoms with van der Waals surface area (Å²) in [5, 5.41) is 0. The molecule has 0 bridgehead atoms. The van der Waals surface area contributed by atoms with Crippen LogP contribution in [0.5, 0.6) is 0 Å². The Bertz CT molecular complexity index is 749. The van der Waals surface area contributed by atoms with E-state index in [1.165, 1.54) is 42.5 Å². The molecule has 24 heavy (non-hydrogen) atoms. The normalized spacial score (nSPS) is 10.6. The summed E-state index contributed by atoms with van der Waals surface area (Å²) < 4.78 is 26.1. The Morgan fingerprint density at radius 2 is 1.71 bits per heavy atom. The van der Waals surface area contributed by atoms with Crippen LogP contribution < -0.4 is 10.9 Å². The third kappa shape index (κ3) is 5.85. The second kappa shape index (κ2) is 8.83. The van der Waals surface area contributed by atoms with E-state index in [-0.39, 0.29) is 11.6 Å². The second-order valence-corrected chi connectivity index (χ2v) is 5.66. The third-order valence-corrected chi connectivity index (χ3v) is 3.87. The molecule has 0 unspecified atom stereocenters. The van der Waals surface area contributed by atoms with E-state index in [1.807, 2.05) is 0 Å². The van der Waals surface area contributed by atoms with Crippen molar-refractivity contribution in [1.82, 2.24) is 10.9 Å². The van der Waals surface area contributed by atoms with Crippen LogP contribution in [-0.2, 0) is 9.59 Å². The highest BCUT2D eigenvalue weighted by Gasteiger charge is 2.06. The average molecular weight is 348 g/mol. The lowest BCUT2D eigenvalue weighted by molar-refractivity contribution is -0.125. The number of hydrazine groups is 1. The molecule has 0 saturated carbocycles. The number of carbonyl (C=O) groups excluding carboxylic acids is 2. The van der Waals surface area contributed by atoms with E-state index in [4.69, 9.17) is 0 Å². The Hall–Kier alpha value is -2.67. The number of rotatable bonds is 5. The average Bonchev–Trinajstić information content (AvgIpc) is 2.58. The van der Waals surface area contributed by atoms with Crippen molar-refractivity contribution in [2.75, 3.05) is 5.75 Å². The summed E-state index contributed by atoms with van der Waals surface area (Å²) in [6, 6.07) is 11.7. The number of thioether (sulfide) groups is 1. The van der Waals surface area contributed by atoms with Gasteiger partial charge in [-0.05, 0) is 35.9 Å². The first-order valence-electron chi connectivity index (χ1n) is 6.94. The maximum absolute atomic E-state index is 13.4. The number of amides is 2. The minimum atomic E-state index is -0.538. The molecule has 2 aromatic rings. The van der Waals surface area contributed by atoms with Gasteiger partial charge in [-0.3, -0.25) is 20.4 Å². The first-order valence-corrected chi connectivity index (χ1v) is 7.93. The highest BCUT2D eigenvalue weighted by Crippen LogP contribution is 2.20. The molecule has 0 aromatic heterocycles. The molecule has 0 aliphatic heterocycles. The van der Waals surface area contributed by atoms with Crippen LogP contribution in [0.25, 0.3) is 6.08 Å². The molecule has 124 valence electrons. The summed E-state index contributed by atoms with van der Waals surface area (Å²) in [4.78, 5) is 23.5. The van der Waals surface area contributed by atoms with E-state index < -0.39 is 17.6 Å². The van der Waals surface area contributed by atoms with Gasteiger partial charge in [0, 0.05) is 11.0 Å². The second-order valence-electron chi connectivity index (χ2n) is 4.64. The molecular formula is C17H14F2N2O2S. The Morgan fingerprint density at radius 1 is 1.00 bits per heavy atom. The highest BCUT2D eigenvalue weighted by molar-refractivity contribution is 8.00. The van der Waals surface area contributed by atoms with Gasteiger partial charge in [0.1, 0.15) is 11.6 Å². The molecule has 0 radical (unpaired) electrons. The minimum Gasteiger partial charge on any atom is -0.272 e. The fourth-order valence-electron chi connectivity index (χ4n) is 1.66. The van der Waals surface area contributed by atoms with Gasteiger partial charge in [-0.1, -0.05) is 24.3 Å². The smallest absolute Gasteiger partial charge is 0.262 e. The van der Waals surface area contributed by atoms with Gasteiger partial charge in [0.05, 0.1) is 5.75 Å². The van der Waals surface area contributed by atoms with Crippen molar-refractivity contribution < 1.29 is 18.4 Å². The van der Waals surface area contributed by atoms with Crippen LogP contribution in [0.3, 0.4) is 0 Å². The van der Waals surface area contributed by atoms with Gasteiger partial charge >= 0.3 is 0 Å². The van der Waals surface area contributed by atoms with Gasteiger partial charge in [0.25, 0.3) is 5.91 Å². The molecule has 0 spiro atoms. The summed E-state index contributed by atoms with van der Waals surface area (Å²) in [6.07, 6.45) is 2.69. The SMILES string of the molecule is O=C(/C=C/c1ccc(F)cc1)NNC(=O)CSc1ccccc1F.